The molecule has 0 radical (unpaired) electrons. The Morgan fingerprint density at radius 1 is 1.08 bits per heavy atom. The smallest absolute Gasteiger partial charge is 0.335 e. The standard InChI is InChI=1S/C26H30N4O5S/c1-17-16-36-23(29-17)15-30(2)25(32)20-11-19(12-21(13-20)26(33)34)24(31)28-9-5-8-27-14-18-6-4-7-22(10-18)35-3/h4,6-7,10-13,16,27H,5,8-9,14-15H2,1-3H3,(H,28,31)(H,33,34). The van der Waals surface area contributed by atoms with Crippen LogP contribution >= 0.6 is 11.3 Å². The zero-order valence-corrected chi connectivity index (χ0v) is 21.4. The Balaban J connectivity index is 1.55. The molecule has 0 bridgehead atoms. The van der Waals surface area contributed by atoms with Crippen LogP contribution in [0.2, 0.25) is 0 Å². The molecule has 0 aliphatic carbocycles. The first-order valence-corrected chi connectivity index (χ1v) is 12.3. The Morgan fingerprint density at radius 3 is 2.53 bits per heavy atom. The Morgan fingerprint density at radius 2 is 1.83 bits per heavy atom. The van der Waals surface area contributed by atoms with Gasteiger partial charge in [0.15, 0.2) is 0 Å². The van der Waals surface area contributed by atoms with Gasteiger partial charge in [-0.05, 0) is 55.8 Å². The van der Waals surface area contributed by atoms with Gasteiger partial charge in [0, 0.05) is 42.3 Å². The summed E-state index contributed by atoms with van der Waals surface area (Å²) in [5.41, 5.74) is 2.11. The van der Waals surface area contributed by atoms with E-state index in [-0.39, 0.29) is 22.6 Å². The van der Waals surface area contributed by atoms with Gasteiger partial charge in [0.05, 0.1) is 19.2 Å². The van der Waals surface area contributed by atoms with Crippen molar-refractivity contribution < 1.29 is 24.2 Å². The Hall–Kier alpha value is -3.76. The first-order chi connectivity index (χ1) is 17.3. The van der Waals surface area contributed by atoms with Crippen molar-refractivity contribution in [3.8, 4) is 5.75 Å². The number of carbonyl (C=O) groups is 3. The van der Waals surface area contributed by atoms with Crippen molar-refractivity contribution in [2.75, 3.05) is 27.2 Å². The summed E-state index contributed by atoms with van der Waals surface area (Å²) >= 11 is 1.45. The molecule has 3 N–H and O–H groups in total. The number of amides is 2. The summed E-state index contributed by atoms with van der Waals surface area (Å²) in [7, 11) is 3.24. The minimum absolute atomic E-state index is 0.121. The lowest BCUT2D eigenvalue weighted by Gasteiger charge is -2.17. The molecule has 36 heavy (non-hydrogen) atoms. The van der Waals surface area contributed by atoms with Crippen molar-refractivity contribution in [3.05, 3.63) is 80.8 Å². The van der Waals surface area contributed by atoms with Gasteiger partial charge in [-0.1, -0.05) is 12.1 Å². The van der Waals surface area contributed by atoms with Crippen molar-refractivity contribution >= 4 is 29.1 Å². The monoisotopic (exact) mass is 510 g/mol. The quantitative estimate of drug-likeness (QED) is 0.320. The number of benzene rings is 2. The number of thiazole rings is 1. The van der Waals surface area contributed by atoms with E-state index in [1.807, 2.05) is 36.6 Å². The zero-order chi connectivity index (χ0) is 26.1. The van der Waals surface area contributed by atoms with Crippen LogP contribution < -0.4 is 15.4 Å². The second-order valence-electron chi connectivity index (χ2n) is 8.29. The molecule has 10 heteroatoms. The van der Waals surface area contributed by atoms with E-state index in [1.54, 1.807) is 14.2 Å². The maximum Gasteiger partial charge on any atom is 0.335 e. The van der Waals surface area contributed by atoms with E-state index in [0.29, 0.717) is 32.6 Å². The molecule has 0 aliphatic heterocycles. The predicted molar refractivity (Wildman–Crippen MR) is 138 cm³/mol. The summed E-state index contributed by atoms with van der Waals surface area (Å²) < 4.78 is 5.22. The molecule has 0 unspecified atom stereocenters. The summed E-state index contributed by atoms with van der Waals surface area (Å²) in [6, 6.07) is 11.8. The highest BCUT2D eigenvalue weighted by atomic mass is 32.1. The molecule has 0 saturated heterocycles. The summed E-state index contributed by atoms with van der Waals surface area (Å²) in [4.78, 5) is 43.1. The number of carboxylic acid groups (broad SMARTS) is 1. The zero-order valence-electron chi connectivity index (χ0n) is 20.5. The topological polar surface area (TPSA) is 121 Å². The largest absolute Gasteiger partial charge is 0.497 e. The Bertz CT molecular complexity index is 1230. The third-order valence-corrected chi connectivity index (χ3v) is 6.31. The van der Waals surface area contributed by atoms with Crippen LogP contribution in [-0.4, -0.2) is 60.0 Å². The number of rotatable bonds is 12. The van der Waals surface area contributed by atoms with Crippen molar-refractivity contribution in [2.45, 2.75) is 26.4 Å². The molecular weight excluding hydrogens is 480 g/mol. The van der Waals surface area contributed by atoms with Crippen molar-refractivity contribution in [2.24, 2.45) is 0 Å². The first-order valence-electron chi connectivity index (χ1n) is 11.4. The van der Waals surface area contributed by atoms with Gasteiger partial charge in [-0.25, -0.2) is 9.78 Å². The van der Waals surface area contributed by atoms with Crippen LogP contribution in [0.1, 0.15) is 53.8 Å². The summed E-state index contributed by atoms with van der Waals surface area (Å²) in [6.45, 7) is 3.91. The third kappa shape index (κ3) is 7.62. The van der Waals surface area contributed by atoms with Gasteiger partial charge in [-0.3, -0.25) is 9.59 Å². The van der Waals surface area contributed by atoms with E-state index in [0.717, 1.165) is 22.0 Å². The minimum Gasteiger partial charge on any atom is -0.497 e. The van der Waals surface area contributed by atoms with E-state index < -0.39 is 11.9 Å². The molecule has 0 aliphatic rings. The van der Waals surface area contributed by atoms with Gasteiger partial charge in [0.25, 0.3) is 11.8 Å². The molecule has 0 spiro atoms. The average molecular weight is 511 g/mol. The van der Waals surface area contributed by atoms with Gasteiger partial charge in [-0.2, -0.15) is 0 Å². The molecule has 2 amide bonds. The van der Waals surface area contributed by atoms with Crippen molar-refractivity contribution in [3.63, 3.8) is 0 Å². The van der Waals surface area contributed by atoms with Crippen LogP contribution in [0.15, 0.2) is 47.8 Å². The van der Waals surface area contributed by atoms with Crippen LogP contribution in [0.3, 0.4) is 0 Å². The van der Waals surface area contributed by atoms with Crippen LogP contribution in [0.25, 0.3) is 0 Å². The van der Waals surface area contributed by atoms with Gasteiger partial charge in [-0.15, -0.1) is 11.3 Å². The summed E-state index contributed by atoms with van der Waals surface area (Å²) in [5, 5.41) is 18.3. The number of carboxylic acids is 1. The molecule has 9 nitrogen and oxygen atoms in total. The SMILES string of the molecule is COc1cccc(CNCCCNC(=O)c2cc(C(=O)O)cc(C(=O)N(C)Cc3nc(C)cs3)c2)c1. The van der Waals surface area contributed by atoms with Gasteiger partial charge in [0.2, 0.25) is 0 Å². The number of hydrogen-bond donors (Lipinski definition) is 3. The molecule has 0 atom stereocenters. The highest BCUT2D eigenvalue weighted by molar-refractivity contribution is 7.09. The van der Waals surface area contributed by atoms with E-state index >= 15 is 0 Å². The van der Waals surface area contributed by atoms with Gasteiger partial charge in [0.1, 0.15) is 10.8 Å². The molecular formula is C26H30N4O5S. The molecule has 1 aromatic heterocycles. The normalized spacial score (nSPS) is 10.6. The number of carbonyl (C=O) groups excluding carboxylic acids is 2. The third-order valence-electron chi connectivity index (χ3n) is 5.35. The number of methoxy groups -OCH3 is 1. The van der Waals surface area contributed by atoms with Crippen molar-refractivity contribution in [1.82, 2.24) is 20.5 Å². The van der Waals surface area contributed by atoms with E-state index in [1.165, 1.54) is 34.4 Å². The molecule has 2 aromatic carbocycles. The first kappa shape index (κ1) is 26.8. The van der Waals surface area contributed by atoms with E-state index in [4.69, 9.17) is 4.74 Å². The van der Waals surface area contributed by atoms with E-state index in [9.17, 15) is 19.5 Å². The lowest BCUT2D eigenvalue weighted by molar-refractivity contribution is 0.0697. The lowest BCUT2D eigenvalue weighted by Crippen LogP contribution is -2.29. The van der Waals surface area contributed by atoms with Crippen LogP contribution in [0, 0.1) is 6.92 Å². The molecule has 3 aromatic rings. The molecule has 190 valence electrons. The lowest BCUT2D eigenvalue weighted by atomic mass is 10.0. The minimum atomic E-state index is -1.21. The van der Waals surface area contributed by atoms with Crippen LogP contribution in [-0.2, 0) is 13.1 Å². The van der Waals surface area contributed by atoms with Gasteiger partial charge >= 0.3 is 5.97 Å². The average Bonchev–Trinajstić information content (AvgIpc) is 3.29. The number of hydrogen-bond acceptors (Lipinski definition) is 7. The van der Waals surface area contributed by atoms with Crippen molar-refractivity contribution in [1.29, 1.82) is 0 Å². The fourth-order valence-electron chi connectivity index (χ4n) is 3.51. The number of ether oxygens (including phenoxy) is 1. The molecule has 3 rings (SSSR count). The van der Waals surface area contributed by atoms with Crippen LogP contribution in [0.4, 0.5) is 0 Å². The number of aromatic nitrogens is 1. The summed E-state index contributed by atoms with van der Waals surface area (Å²) in [5.74, 6) is -1.23. The van der Waals surface area contributed by atoms with Gasteiger partial charge < -0.3 is 25.4 Å². The summed E-state index contributed by atoms with van der Waals surface area (Å²) in [6.07, 6.45) is 0.677. The molecule has 0 fully saturated rings. The Labute approximate surface area is 214 Å². The highest BCUT2D eigenvalue weighted by Gasteiger charge is 2.19. The predicted octanol–water partition coefficient (Wildman–Crippen LogP) is 3.34. The maximum absolute atomic E-state index is 13.0. The second kappa shape index (κ2) is 12.8. The number of aromatic carboxylic acids is 1. The fourth-order valence-corrected chi connectivity index (χ4v) is 4.33. The van der Waals surface area contributed by atoms with Crippen LogP contribution in [0.5, 0.6) is 5.75 Å². The second-order valence-corrected chi connectivity index (χ2v) is 9.23. The fraction of sp³-hybridized carbons (Fsp3) is 0.308. The van der Waals surface area contributed by atoms with E-state index in [2.05, 4.69) is 15.6 Å². The number of nitrogens with one attached hydrogen (secondary N) is 2. The molecule has 0 saturated carbocycles. The number of nitrogens with zero attached hydrogens (tertiary/aromatic N) is 2. The number of aryl methyl sites for hydroxylation is 1. The highest BCUT2D eigenvalue weighted by Crippen LogP contribution is 2.16. The molecule has 1 heterocycles. The Kier molecular flexibility index (Phi) is 9.54. The maximum atomic E-state index is 13.0.